The molecule has 32 heavy (non-hydrogen) atoms. The molecule has 3 aromatic carbocycles. The fraction of sp³-hybridized carbons (Fsp3) is 0.231. The van der Waals surface area contributed by atoms with E-state index in [9.17, 15) is 4.79 Å². The number of nitrogens with one attached hydrogen (secondary N) is 2. The van der Waals surface area contributed by atoms with Crippen LogP contribution in [-0.4, -0.2) is 23.7 Å². The van der Waals surface area contributed by atoms with Crippen molar-refractivity contribution in [2.75, 3.05) is 11.9 Å². The molecule has 0 unspecified atom stereocenters. The van der Waals surface area contributed by atoms with Crippen molar-refractivity contribution in [2.24, 2.45) is 0 Å². The van der Waals surface area contributed by atoms with Crippen molar-refractivity contribution in [1.29, 1.82) is 0 Å². The molecule has 0 fully saturated rings. The van der Waals surface area contributed by atoms with Crippen LogP contribution >= 0.6 is 12.2 Å². The van der Waals surface area contributed by atoms with Gasteiger partial charge in [-0.15, -0.1) is 0 Å². The van der Waals surface area contributed by atoms with Crippen LogP contribution in [0.5, 0.6) is 11.5 Å². The van der Waals surface area contributed by atoms with Crippen LogP contribution < -0.4 is 20.1 Å². The molecule has 0 spiro atoms. The molecule has 0 aromatic heterocycles. The van der Waals surface area contributed by atoms with Crippen LogP contribution in [0.25, 0.3) is 0 Å². The van der Waals surface area contributed by atoms with Crippen molar-refractivity contribution in [1.82, 2.24) is 5.32 Å². The number of hydrogen-bond donors (Lipinski definition) is 2. The normalized spacial score (nSPS) is 10.5. The molecule has 166 valence electrons. The van der Waals surface area contributed by atoms with E-state index in [0.29, 0.717) is 23.6 Å². The van der Waals surface area contributed by atoms with Gasteiger partial charge >= 0.3 is 0 Å². The number of rotatable bonds is 9. The van der Waals surface area contributed by atoms with Crippen molar-refractivity contribution >= 4 is 28.9 Å². The Morgan fingerprint density at radius 3 is 2.34 bits per heavy atom. The van der Waals surface area contributed by atoms with Gasteiger partial charge in [0.1, 0.15) is 11.5 Å². The van der Waals surface area contributed by atoms with Gasteiger partial charge in [-0.1, -0.05) is 42.5 Å². The van der Waals surface area contributed by atoms with E-state index < -0.39 is 0 Å². The highest BCUT2D eigenvalue weighted by molar-refractivity contribution is 7.80. The summed E-state index contributed by atoms with van der Waals surface area (Å²) in [5.41, 5.74) is 2.49. The van der Waals surface area contributed by atoms with Crippen molar-refractivity contribution in [3.8, 4) is 11.5 Å². The van der Waals surface area contributed by atoms with Gasteiger partial charge in [-0.3, -0.25) is 10.1 Å². The zero-order valence-corrected chi connectivity index (χ0v) is 19.2. The van der Waals surface area contributed by atoms with Crippen molar-refractivity contribution in [3.63, 3.8) is 0 Å². The van der Waals surface area contributed by atoms with E-state index in [0.717, 1.165) is 18.6 Å². The smallest absolute Gasteiger partial charge is 0.257 e. The molecule has 0 aliphatic carbocycles. The molecule has 0 bridgehead atoms. The number of ether oxygens (including phenoxy) is 2. The summed E-state index contributed by atoms with van der Waals surface area (Å²) in [5.74, 6) is 1.11. The molecule has 0 aliphatic rings. The summed E-state index contributed by atoms with van der Waals surface area (Å²) in [6.45, 7) is 4.49. The summed E-state index contributed by atoms with van der Waals surface area (Å²) in [6, 6.07) is 24.8. The number of benzene rings is 3. The number of anilines is 1. The highest BCUT2D eigenvalue weighted by Gasteiger charge is 2.11. The minimum atomic E-state index is -0.292. The maximum atomic E-state index is 12.5. The Labute approximate surface area is 194 Å². The monoisotopic (exact) mass is 448 g/mol. The lowest BCUT2D eigenvalue weighted by molar-refractivity contribution is 0.0977. The lowest BCUT2D eigenvalue weighted by Gasteiger charge is -2.14. The molecule has 0 saturated heterocycles. The molecular formula is C26H28N2O3S. The summed E-state index contributed by atoms with van der Waals surface area (Å²) < 4.78 is 11.5. The summed E-state index contributed by atoms with van der Waals surface area (Å²) in [5, 5.41) is 5.97. The van der Waals surface area contributed by atoms with Gasteiger partial charge in [-0.25, -0.2) is 0 Å². The van der Waals surface area contributed by atoms with E-state index in [-0.39, 0.29) is 17.1 Å². The number of thiocarbonyl (C=S) groups is 1. The Morgan fingerprint density at radius 2 is 1.62 bits per heavy atom. The third kappa shape index (κ3) is 7.39. The van der Waals surface area contributed by atoms with E-state index in [2.05, 4.69) is 22.8 Å². The molecule has 5 nitrogen and oxygen atoms in total. The van der Waals surface area contributed by atoms with Crippen molar-refractivity contribution < 1.29 is 14.3 Å². The largest absolute Gasteiger partial charge is 0.491 e. The third-order valence-corrected chi connectivity index (χ3v) is 4.76. The summed E-state index contributed by atoms with van der Waals surface area (Å²) in [6.07, 6.45) is 1.93. The van der Waals surface area contributed by atoms with E-state index in [1.807, 2.05) is 56.3 Å². The molecule has 1 amide bonds. The first kappa shape index (κ1) is 23.3. The van der Waals surface area contributed by atoms with E-state index >= 15 is 0 Å². The minimum absolute atomic E-state index is 0.0760. The second-order valence-corrected chi connectivity index (χ2v) is 7.94. The first-order valence-corrected chi connectivity index (χ1v) is 11.1. The van der Waals surface area contributed by atoms with Gasteiger partial charge in [-0.05, 0) is 80.9 Å². The maximum absolute atomic E-state index is 12.5. The van der Waals surface area contributed by atoms with Gasteiger partial charge in [0.15, 0.2) is 5.11 Å². The van der Waals surface area contributed by atoms with E-state index in [4.69, 9.17) is 21.7 Å². The fourth-order valence-corrected chi connectivity index (χ4v) is 3.29. The third-order valence-electron chi connectivity index (χ3n) is 4.56. The minimum Gasteiger partial charge on any atom is -0.491 e. The van der Waals surface area contributed by atoms with E-state index in [1.165, 1.54) is 5.56 Å². The first-order chi connectivity index (χ1) is 15.5. The molecular weight excluding hydrogens is 420 g/mol. The summed E-state index contributed by atoms with van der Waals surface area (Å²) in [4.78, 5) is 12.5. The summed E-state index contributed by atoms with van der Waals surface area (Å²) in [7, 11) is 0. The standard InChI is InChI=1S/C26H28N2O3S/c1-19(2)31-22-16-14-21(15-17-22)25(29)28-26(32)27-23-12-6-7-13-24(23)30-18-8-11-20-9-4-3-5-10-20/h3-7,9-10,12-17,19H,8,11,18H2,1-2H3,(H2,27,28,29,32). The molecule has 0 heterocycles. The van der Waals surface area contributed by atoms with Gasteiger partial charge in [0.25, 0.3) is 5.91 Å². The Hall–Kier alpha value is -3.38. The second kappa shape index (κ2) is 11.9. The Balaban J connectivity index is 1.50. The van der Waals surface area contributed by atoms with Crippen LogP contribution in [0.2, 0.25) is 0 Å². The van der Waals surface area contributed by atoms with Crippen LogP contribution in [0.4, 0.5) is 5.69 Å². The molecule has 2 N–H and O–H groups in total. The SMILES string of the molecule is CC(C)Oc1ccc(C(=O)NC(=S)Nc2ccccc2OCCCc2ccccc2)cc1. The number of hydrogen-bond acceptors (Lipinski definition) is 4. The lowest BCUT2D eigenvalue weighted by atomic mass is 10.1. The topological polar surface area (TPSA) is 59.6 Å². The molecule has 0 radical (unpaired) electrons. The predicted octanol–water partition coefficient (Wildman–Crippen LogP) is 5.61. The summed E-state index contributed by atoms with van der Waals surface area (Å²) >= 11 is 5.33. The first-order valence-electron chi connectivity index (χ1n) is 10.7. The fourth-order valence-electron chi connectivity index (χ4n) is 3.08. The lowest BCUT2D eigenvalue weighted by Crippen LogP contribution is -2.34. The number of carbonyl (C=O) groups is 1. The van der Waals surface area contributed by atoms with Crippen LogP contribution in [0.1, 0.15) is 36.2 Å². The zero-order valence-electron chi connectivity index (χ0n) is 18.3. The molecule has 3 rings (SSSR count). The number of aryl methyl sites for hydroxylation is 1. The van der Waals surface area contributed by atoms with E-state index in [1.54, 1.807) is 24.3 Å². The number of para-hydroxylation sites is 2. The maximum Gasteiger partial charge on any atom is 0.257 e. The molecule has 0 saturated carbocycles. The van der Waals surface area contributed by atoms with Crippen LogP contribution in [0, 0.1) is 0 Å². The molecule has 3 aromatic rings. The highest BCUT2D eigenvalue weighted by atomic mass is 32.1. The number of carbonyl (C=O) groups excluding carboxylic acids is 1. The quantitative estimate of drug-likeness (QED) is 0.329. The van der Waals surface area contributed by atoms with Crippen LogP contribution in [0.15, 0.2) is 78.9 Å². The number of amides is 1. The van der Waals surface area contributed by atoms with Gasteiger partial charge in [0.2, 0.25) is 0 Å². The molecule has 6 heteroatoms. The van der Waals surface area contributed by atoms with Crippen molar-refractivity contribution in [2.45, 2.75) is 32.8 Å². The molecule has 0 aliphatic heterocycles. The average molecular weight is 449 g/mol. The van der Waals surface area contributed by atoms with Gasteiger partial charge < -0.3 is 14.8 Å². The second-order valence-electron chi connectivity index (χ2n) is 7.53. The van der Waals surface area contributed by atoms with Gasteiger partial charge in [-0.2, -0.15) is 0 Å². The van der Waals surface area contributed by atoms with Crippen LogP contribution in [0.3, 0.4) is 0 Å². The van der Waals surface area contributed by atoms with Gasteiger partial charge in [0, 0.05) is 5.56 Å². The predicted molar refractivity (Wildman–Crippen MR) is 133 cm³/mol. The molecule has 0 atom stereocenters. The average Bonchev–Trinajstić information content (AvgIpc) is 2.78. The Morgan fingerprint density at radius 1 is 0.938 bits per heavy atom. The van der Waals surface area contributed by atoms with Crippen LogP contribution in [-0.2, 0) is 6.42 Å². The van der Waals surface area contributed by atoms with Crippen molar-refractivity contribution in [3.05, 3.63) is 90.0 Å². The zero-order chi connectivity index (χ0) is 22.8. The Kier molecular flexibility index (Phi) is 8.63. The Bertz CT molecular complexity index is 1020. The van der Waals surface area contributed by atoms with Gasteiger partial charge in [0.05, 0.1) is 18.4 Å². The highest BCUT2D eigenvalue weighted by Crippen LogP contribution is 2.24.